The van der Waals surface area contributed by atoms with Crippen LogP contribution in [0.15, 0.2) is 77.7 Å². The van der Waals surface area contributed by atoms with Crippen molar-refractivity contribution in [2.45, 2.75) is 24.4 Å². The lowest BCUT2D eigenvalue weighted by Gasteiger charge is -2.32. The van der Waals surface area contributed by atoms with Crippen LogP contribution >= 0.6 is 23.2 Å². The van der Waals surface area contributed by atoms with Gasteiger partial charge in [0, 0.05) is 35.3 Å². The van der Waals surface area contributed by atoms with E-state index < -0.39 is 34.4 Å². The molecular formula is C26H27Cl2N3O5S. The summed E-state index contributed by atoms with van der Waals surface area (Å²) in [6.07, 6.45) is 0. The molecular weight excluding hydrogens is 537 g/mol. The Morgan fingerprint density at radius 3 is 2.19 bits per heavy atom. The van der Waals surface area contributed by atoms with Gasteiger partial charge in [-0.2, -0.15) is 0 Å². The van der Waals surface area contributed by atoms with Crippen molar-refractivity contribution in [1.29, 1.82) is 0 Å². The summed E-state index contributed by atoms with van der Waals surface area (Å²) in [7, 11) is -1.26. The van der Waals surface area contributed by atoms with E-state index in [0.717, 1.165) is 4.31 Å². The largest absolute Gasteiger partial charge is 0.497 e. The van der Waals surface area contributed by atoms with Crippen LogP contribution in [0.5, 0.6) is 5.75 Å². The molecule has 3 aromatic rings. The second kappa shape index (κ2) is 12.3. The van der Waals surface area contributed by atoms with E-state index in [9.17, 15) is 18.0 Å². The molecule has 1 atom stereocenters. The topological polar surface area (TPSA) is 96.0 Å². The highest BCUT2D eigenvalue weighted by atomic mass is 35.5. The number of sulfonamides is 1. The minimum atomic E-state index is -4.17. The Morgan fingerprint density at radius 1 is 0.973 bits per heavy atom. The first kappa shape index (κ1) is 28.3. The second-order valence-electron chi connectivity index (χ2n) is 8.04. The molecule has 11 heteroatoms. The third kappa shape index (κ3) is 6.54. The summed E-state index contributed by atoms with van der Waals surface area (Å²) >= 11 is 12.7. The monoisotopic (exact) mass is 563 g/mol. The van der Waals surface area contributed by atoms with Gasteiger partial charge >= 0.3 is 0 Å². The molecule has 0 unspecified atom stereocenters. The predicted octanol–water partition coefficient (Wildman–Crippen LogP) is 4.36. The van der Waals surface area contributed by atoms with Gasteiger partial charge in [-0.1, -0.05) is 53.5 Å². The van der Waals surface area contributed by atoms with Crippen molar-refractivity contribution in [2.24, 2.45) is 0 Å². The summed E-state index contributed by atoms with van der Waals surface area (Å²) < 4.78 is 33.7. The number of halogens is 2. The Hall–Kier alpha value is -3.27. The average molecular weight is 564 g/mol. The summed E-state index contributed by atoms with van der Waals surface area (Å²) in [5.74, 6) is -0.651. The molecule has 0 aromatic heterocycles. The van der Waals surface area contributed by atoms with Gasteiger partial charge in [0.1, 0.15) is 18.3 Å². The zero-order valence-electron chi connectivity index (χ0n) is 20.5. The van der Waals surface area contributed by atoms with Crippen LogP contribution in [0.1, 0.15) is 12.5 Å². The number of carbonyl (C=O) groups is 2. The quantitative estimate of drug-likeness (QED) is 0.395. The van der Waals surface area contributed by atoms with E-state index in [4.69, 9.17) is 27.9 Å². The zero-order valence-corrected chi connectivity index (χ0v) is 22.8. The number of hydrogen-bond acceptors (Lipinski definition) is 5. The van der Waals surface area contributed by atoms with Gasteiger partial charge < -0.3 is 15.0 Å². The van der Waals surface area contributed by atoms with E-state index >= 15 is 0 Å². The molecule has 0 fully saturated rings. The number of rotatable bonds is 10. The highest BCUT2D eigenvalue weighted by Gasteiger charge is 2.33. The standard InChI is InChI=1S/C26H27Cl2N3O5S/c1-18(26(33)29-2)30(16-22-23(27)13-8-14-24(22)28)25(32)17-31(19-9-7-10-20(15-19)36-3)37(34,35)21-11-5-4-6-12-21/h4-15,18H,16-17H2,1-3H3,(H,29,33)/t18-/m0/s1. The van der Waals surface area contributed by atoms with Gasteiger partial charge in [0.2, 0.25) is 11.8 Å². The first-order valence-electron chi connectivity index (χ1n) is 11.3. The lowest BCUT2D eigenvalue weighted by Crippen LogP contribution is -2.50. The van der Waals surface area contributed by atoms with Crippen molar-refractivity contribution in [3.63, 3.8) is 0 Å². The number of hydrogen-bond donors (Lipinski definition) is 1. The molecule has 0 heterocycles. The summed E-state index contributed by atoms with van der Waals surface area (Å²) in [5, 5.41) is 3.16. The van der Waals surface area contributed by atoms with Crippen LogP contribution in [-0.2, 0) is 26.2 Å². The van der Waals surface area contributed by atoms with Gasteiger partial charge in [0.25, 0.3) is 10.0 Å². The van der Waals surface area contributed by atoms with E-state index in [1.54, 1.807) is 61.5 Å². The van der Waals surface area contributed by atoms with Crippen molar-refractivity contribution < 1.29 is 22.7 Å². The fourth-order valence-electron chi connectivity index (χ4n) is 3.66. The van der Waals surface area contributed by atoms with Crippen LogP contribution in [0, 0.1) is 0 Å². The lowest BCUT2D eigenvalue weighted by molar-refractivity contribution is -0.139. The van der Waals surface area contributed by atoms with Crippen molar-refractivity contribution in [3.8, 4) is 5.75 Å². The molecule has 196 valence electrons. The number of amides is 2. The van der Waals surface area contributed by atoms with Crippen LogP contribution in [0.4, 0.5) is 5.69 Å². The molecule has 2 amide bonds. The minimum Gasteiger partial charge on any atom is -0.497 e. The van der Waals surface area contributed by atoms with Crippen molar-refractivity contribution in [3.05, 3.63) is 88.4 Å². The summed E-state index contributed by atoms with van der Waals surface area (Å²) in [5.41, 5.74) is 0.661. The van der Waals surface area contributed by atoms with Crippen LogP contribution < -0.4 is 14.4 Å². The Labute approximate surface area is 226 Å². The number of nitrogens with zero attached hydrogens (tertiary/aromatic N) is 2. The van der Waals surface area contributed by atoms with E-state index in [1.165, 1.54) is 37.3 Å². The van der Waals surface area contributed by atoms with Gasteiger partial charge in [-0.15, -0.1) is 0 Å². The maximum atomic E-state index is 13.8. The minimum absolute atomic E-state index is 0.00525. The number of benzene rings is 3. The lowest BCUT2D eigenvalue weighted by atomic mass is 10.1. The SMILES string of the molecule is CNC(=O)[C@H](C)N(Cc1c(Cl)cccc1Cl)C(=O)CN(c1cccc(OC)c1)S(=O)(=O)c1ccccc1. The van der Waals surface area contributed by atoms with Gasteiger partial charge in [-0.25, -0.2) is 8.42 Å². The smallest absolute Gasteiger partial charge is 0.264 e. The number of likely N-dealkylation sites (N-methyl/N-ethyl adjacent to an activating group) is 1. The summed E-state index contributed by atoms with van der Waals surface area (Å²) in [4.78, 5) is 27.6. The van der Waals surface area contributed by atoms with Crippen molar-refractivity contribution in [2.75, 3.05) is 25.0 Å². The van der Waals surface area contributed by atoms with Crippen molar-refractivity contribution in [1.82, 2.24) is 10.2 Å². The maximum absolute atomic E-state index is 13.8. The number of anilines is 1. The van der Waals surface area contributed by atoms with Crippen LogP contribution in [-0.4, -0.2) is 51.9 Å². The molecule has 0 aliphatic heterocycles. The number of methoxy groups -OCH3 is 1. The molecule has 0 saturated carbocycles. The maximum Gasteiger partial charge on any atom is 0.264 e. The molecule has 0 saturated heterocycles. The molecule has 37 heavy (non-hydrogen) atoms. The highest BCUT2D eigenvalue weighted by molar-refractivity contribution is 7.92. The number of carbonyl (C=O) groups excluding carboxylic acids is 2. The van der Waals surface area contributed by atoms with Gasteiger partial charge in [-0.3, -0.25) is 13.9 Å². The first-order valence-corrected chi connectivity index (χ1v) is 13.5. The van der Waals surface area contributed by atoms with Gasteiger partial charge in [0.15, 0.2) is 0 Å². The Morgan fingerprint density at radius 2 is 1.59 bits per heavy atom. The third-order valence-electron chi connectivity index (χ3n) is 5.76. The molecule has 8 nitrogen and oxygen atoms in total. The van der Waals surface area contributed by atoms with E-state index in [0.29, 0.717) is 21.4 Å². The van der Waals surface area contributed by atoms with E-state index in [1.807, 2.05) is 0 Å². The Balaban J connectivity index is 2.07. The van der Waals surface area contributed by atoms with Gasteiger partial charge in [-0.05, 0) is 43.3 Å². The third-order valence-corrected chi connectivity index (χ3v) is 8.25. The van der Waals surface area contributed by atoms with E-state index in [2.05, 4.69) is 5.32 Å². The molecule has 3 rings (SSSR count). The summed E-state index contributed by atoms with van der Waals surface area (Å²) in [6.45, 7) is 0.847. The fraction of sp³-hybridized carbons (Fsp3) is 0.231. The zero-order chi connectivity index (χ0) is 27.2. The Bertz CT molecular complexity index is 1350. The Kier molecular flexibility index (Phi) is 9.42. The molecule has 0 spiro atoms. The highest BCUT2D eigenvalue weighted by Crippen LogP contribution is 2.29. The molecule has 0 aliphatic rings. The first-order chi connectivity index (χ1) is 17.6. The van der Waals surface area contributed by atoms with Crippen molar-refractivity contribution >= 4 is 50.7 Å². The number of nitrogens with one attached hydrogen (secondary N) is 1. The van der Waals surface area contributed by atoms with Crippen LogP contribution in [0.3, 0.4) is 0 Å². The normalized spacial score (nSPS) is 11.9. The predicted molar refractivity (Wildman–Crippen MR) is 145 cm³/mol. The molecule has 1 N–H and O–H groups in total. The molecule has 0 radical (unpaired) electrons. The average Bonchev–Trinajstić information content (AvgIpc) is 2.91. The van der Waals surface area contributed by atoms with Gasteiger partial charge in [0.05, 0.1) is 17.7 Å². The fourth-order valence-corrected chi connectivity index (χ4v) is 5.60. The molecule has 3 aromatic carbocycles. The number of ether oxygens (including phenoxy) is 1. The molecule has 0 bridgehead atoms. The van der Waals surface area contributed by atoms with Crippen LogP contribution in [0.2, 0.25) is 10.0 Å². The second-order valence-corrected chi connectivity index (χ2v) is 10.7. The molecule has 0 aliphatic carbocycles. The summed E-state index contributed by atoms with van der Waals surface area (Å²) in [6, 6.07) is 18.1. The van der Waals surface area contributed by atoms with E-state index in [-0.39, 0.29) is 17.1 Å². The van der Waals surface area contributed by atoms with Crippen LogP contribution in [0.25, 0.3) is 0 Å².